The highest BCUT2D eigenvalue weighted by molar-refractivity contribution is 8.07. The van der Waals surface area contributed by atoms with E-state index in [1.54, 1.807) is 0 Å². The number of nitrogens with one attached hydrogen (secondary N) is 1. The molecular formula is C14H22N2S2. The highest BCUT2D eigenvalue weighted by Gasteiger charge is 2.29. The average molecular weight is 282 g/mol. The van der Waals surface area contributed by atoms with Crippen molar-refractivity contribution >= 4 is 23.5 Å². The first-order chi connectivity index (χ1) is 8.70. The fraction of sp³-hybridized carbons (Fsp3) is 0.571. The molecule has 1 saturated heterocycles. The molecule has 3 unspecified atom stereocenters. The van der Waals surface area contributed by atoms with Gasteiger partial charge in [-0.25, -0.2) is 0 Å². The lowest BCUT2D eigenvalue weighted by atomic mass is 10.0. The number of benzene rings is 1. The Morgan fingerprint density at radius 2 is 1.94 bits per heavy atom. The van der Waals surface area contributed by atoms with E-state index in [0.29, 0.717) is 16.5 Å². The molecule has 100 valence electrons. The van der Waals surface area contributed by atoms with E-state index in [9.17, 15) is 0 Å². The standard InChI is InChI=1S/C14H22N2S2/c1-10-3-5-12(6-4-10)9-13(16-15)14-11(2)17-7-8-18-14/h3-6,11,13-14,16H,7-9,15H2,1-2H3. The van der Waals surface area contributed by atoms with Crippen molar-refractivity contribution in [1.82, 2.24) is 5.43 Å². The molecule has 1 fully saturated rings. The second kappa shape index (κ2) is 6.85. The molecule has 0 aliphatic carbocycles. The summed E-state index contributed by atoms with van der Waals surface area (Å²) in [7, 11) is 0. The van der Waals surface area contributed by atoms with Gasteiger partial charge in [-0.3, -0.25) is 11.3 Å². The van der Waals surface area contributed by atoms with E-state index < -0.39 is 0 Å². The summed E-state index contributed by atoms with van der Waals surface area (Å²) in [5, 5.41) is 1.28. The molecule has 3 N–H and O–H groups in total. The van der Waals surface area contributed by atoms with Crippen LogP contribution in [0.5, 0.6) is 0 Å². The van der Waals surface area contributed by atoms with Gasteiger partial charge in [0.2, 0.25) is 0 Å². The van der Waals surface area contributed by atoms with E-state index in [-0.39, 0.29) is 0 Å². The number of thioether (sulfide) groups is 2. The SMILES string of the molecule is Cc1ccc(CC(NN)C2SCCSC2C)cc1. The van der Waals surface area contributed by atoms with Gasteiger partial charge in [0, 0.05) is 28.0 Å². The third-order valence-corrected chi connectivity index (χ3v) is 6.67. The lowest BCUT2D eigenvalue weighted by Crippen LogP contribution is -2.48. The number of hydrogen-bond acceptors (Lipinski definition) is 4. The molecule has 2 rings (SSSR count). The van der Waals surface area contributed by atoms with Crippen LogP contribution in [0, 0.1) is 6.92 Å². The fourth-order valence-electron chi connectivity index (χ4n) is 2.34. The summed E-state index contributed by atoms with van der Waals surface area (Å²) in [6.45, 7) is 4.44. The Morgan fingerprint density at radius 3 is 2.56 bits per heavy atom. The maximum Gasteiger partial charge on any atom is 0.0380 e. The van der Waals surface area contributed by atoms with Crippen molar-refractivity contribution < 1.29 is 0 Å². The predicted molar refractivity (Wildman–Crippen MR) is 84.2 cm³/mol. The summed E-state index contributed by atoms with van der Waals surface area (Å²) >= 11 is 4.13. The number of rotatable bonds is 4. The minimum Gasteiger partial charge on any atom is -0.271 e. The van der Waals surface area contributed by atoms with Crippen molar-refractivity contribution in [2.24, 2.45) is 5.84 Å². The number of nitrogens with two attached hydrogens (primary N) is 1. The van der Waals surface area contributed by atoms with Crippen LogP contribution in [0.3, 0.4) is 0 Å². The predicted octanol–water partition coefficient (Wildman–Crippen LogP) is 2.61. The molecule has 1 aliphatic rings. The van der Waals surface area contributed by atoms with Gasteiger partial charge >= 0.3 is 0 Å². The summed E-state index contributed by atoms with van der Waals surface area (Å²) in [6, 6.07) is 9.14. The van der Waals surface area contributed by atoms with Crippen LogP contribution < -0.4 is 11.3 Å². The highest BCUT2D eigenvalue weighted by Crippen LogP contribution is 2.33. The Hall–Kier alpha value is -0.160. The van der Waals surface area contributed by atoms with E-state index in [1.165, 1.54) is 22.6 Å². The minimum absolute atomic E-state index is 0.362. The van der Waals surface area contributed by atoms with Crippen molar-refractivity contribution in [1.29, 1.82) is 0 Å². The van der Waals surface area contributed by atoms with Gasteiger partial charge in [0.05, 0.1) is 0 Å². The zero-order valence-corrected chi connectivity index (χ0v) is 12.7. The Balaban J connectivity index is 2.02. The third kappa shape index (κ3) is 3.67. The molecular weight excluding hydrogens is 260 g/mol. The molecule has 1 aliphatic heterocycles. The summed E-state index contributed by atoms with van der Waals surface area (Å²) in [5.41, 5.74) is 5.71. The first-order valence-electron chi connectivity index (χ1n) is 6.45. The second-order valence-corrected chi connectivity index (χ2v) is 7.65. The van der Waals surface area contributed by atoms with Gasteiger partial charge in [-0.2, -0.15) is 23.5 Å². The topological polar surface area (TPSA) is 38.0 Å². The fourth-order valence-corrected chi connectivity index (χ4v) is 5.28. The zero-order valence-electron chi connectivity index (χ0n) is 11.1. The van der Waals surface area contributed by atoms with Crippen molar-refractivity contribution in [3.8, 4) is 0 Å². The Labute approximate surface area is 118 Å². The van der Waals surface area contributed by atoms with Crippen LogP contribution in [0.2, 0.25) is 0 Å². The first kappa shape index (κ1) is 14.3. The lowest BCUT2D eigenvalue weighted by molar-refractivity contribution is 0.501. The van der Waals surface area contributed by atoms with E-state index >= 15 is 0 Å². The van der Waals surface area contributed by atoms with Crippen LogP contribution in [0.4, 0.5) is 0 Å². The van der Waals surface area contributed by atoms with Gasteiger partial charge in [0.25, 0.3) is 0 Å². The molecule has 4 heteroatoms. The van der Waals surface area contributed by atoms with Crippen LogP contribution in [0.15, 0.2) is 24.3 Å². The summed E-state index contributed by atoms with van der Waals surface area (Å²) in [5.74, 6) is 8.28. The molecule has 0 aromatic heterocycles. The van der Waals surface area contributed by atoms with Gasteiger partial charge in [-0.15, -0.1) is 0 Å². The van der Waals surface area contributed by atoms with Gasteiger partial charge in [0.1, 0.15) is 0 Å². The maximum absolute atomic E-state index is 5.77. The Kier molecular flexibility index (Phi) is 5.42. The molecule has 1 aromatic carbocycles. The minimum atomic E-state index is 0.362. The van der Waals surface area contributed by atoms with E-state index in [0.717, 1.165) is 6.42 Å². The summed E-state index contributed by atoms with van der Waals surface area (Å²) < 4.78 is 0. The Morgan fingerprint density at radius 1 is 1.28 bits per heavy atom. The van der Waals surface area contributed by atoms with Gasteiger partial charge in [0.15, 0.2) is 0 Å². The molecule has 2 nitrogen and oxygen atoms in total. The van der Waals surface area contributed by atoms with Crippen molar-refractivity contribution in [2.45, 2.75) is 36.8 Å². The van der Waals surface area contributed by atoms with E-state index in [4.69, 9.17) is 5.84 Å². The quantitative estimate of drug-likeness (QED) is 0.658. The van der Waals surface area contributed by atoms with Crippen LogP contribution in [-0.4, -0.2) is 28.0 Å². The smallest absolute Gasteiger partial charge is 0.0380 e. The number of aryl methyl sites for hydroxylation is 1. The molecule has 0 spiro atoms. The molecule has 3 atom stereocenters. The van der Waals surface area contributed by atoms with Crippen molar-refractivity contribution in [3.63, 3.8) is 0 Å². The normalized spacial score (nSPS) is 25.9. The van der Waals surface area contributed by atoms with E-state index in [2.05, 4.69) is 67.1 Å². The molecule has 0 bridgehead atoms. The average Bonchev–Trinajstić information content (AvgIpc) is 2.39. The molecule has 18 heavy (non-hydrogen) atoms. The first-order valence-corrected chi connectivity index (χ1v) is 8.55. The third-order valence-electron chi connectivity index (χ3n) is 3.42. The van der Waals surface area contributed by atoms with Crippen LogP contribution >= 0.6 is 23.5 Å². The monoisotopic (exact) mass is 282 g/mol. The zero-order chi connectivity index (χ0) is 13.0. The number of hydrogen-bond donors (Lipinski definition) is 2. The summed E-state index contributed by atoms with van der Waals surface area (Å²) in [6.07, 6.45) is 1.01. The molecule has 0 radical (unpaired) electrons. The maximum atomic E-state index is 5.77. The molecule has 1 aromatic rings. The van der Waals surface area contributed by atoms with Gasteiger partial charge < -0.3 is 0 Å². The largest absolute Gasteiger partial charge is 0.271 e. The van der Waals surface area contributed by atoms with Crippen LogP contribution in [-0.2, 0) is 6.42 Å². The van der Waals surface area contributed by atoms with Crippen molar-refractivity contribution in [3.05, 3.63) is 35.4 Å². The summed E-state index contributed by atoms with van der Waals surface area (Å²) in [4.78, 5) is 0. The highest BCUT2D eigenvalue weighted by atomic mass is 32.2. The molecule has 1 heterocycles. The van der Waals surface area contributed by atoms with Crippen molar-refractivity contribution in [2.75, 3.05) is 11.5 Å². The van der Waals surface area contributed by atoms with Gasteiger partial charge in [-0.1, -0.05) is 36.8 Å². The lowest BCUT2D eigenvalue weighted by Gasteiger charge is -2.34. The Bertz CT molecular complexity index is 367. The van der Waals surface area contributed by atoms with Crippen LogP contribution in [0.25, 0.3) is 0 Å². The molecule has 0 amide bonds. The number of hydrazine groups is 1. The van der Waals surface area contributed by atoms with Gasteiger partial charge in [-0.05, 0) is 18.9 Å². The van der Waals surface area contributed by atoms with E-state index in [1.807, 2.05) is 0 Å². The van der Waals surface area contributed by atoms with Crippen LogP contribution in [0.1, 0.15) is 18.1 Å². The second-order valence-electron chi connectivity index (χ2n) is 4.87. The molecule has 0 saturated carbocycles.